The summed E-state index contributed by atoms with van der Waals surface area (Å²) in [7, 11) is 1.63. The van der Waals surface area contributed by atoms with Gasteiger partial charge in [-0.05, 0) is 18.2 Å². The Morgan fingerprint density at radius 3 is 2.66 bits per heavy atom. The minimum atomic E-state index is -0.0415. The number of benzene rings is 3. The number of fused-ring (bicyclic) bond motifs is 2. The third kappa shape index (κ3) is 2.85. The van der Waals surface area contributed by atoms with E-state index in [9.17, 15) is 4.79 Å². The molecule has 0 atom stereocenters. The normalized spacial score (nSPS) is 15.0. The predicted molar refractivity (Wildman–Crippen MR) is 122 cm³/mol. The predicted octanol–water partition coefficient (Wildman–Crippen LogP) is 4.63. The van der Waals surface area contributed by atoms with Crippen LogP contribution in [0.1, 0.15) is 15.9 Å². The molecule has 0 radical (unpaired) electrons. The van der Waals surface area contributed by atoms with Crippen molar-refractivity contribution < 1.29 is 18.8 Å². The maximum atomic E-state index is 13.6. The van der Waals surface area contributed by atoms with Crippen molar-refractivity contribution in [3.8, 4) is 17.1 Å². The van der Waals surface area contributed by atoms with E-state index in [1.165, 1.54) is 0 Å². The maximum Gasteiger partial charge on any atom is 0.196 e. The summed E-state index contributed by atoms with van der Waals surface area (Å²) in [6.07, 6.45) is 0. The summed E-state index contributed by atoms with van der Waals surface area (Å²) in [6.45, 7) is 2.79. The van der Waals surface area contributed by atoms with Crippen LogP contribution in [-0.4, -0.2) is 44.4 Å². The van der Waals surface area contributed by atoms with Gasteiger partial charge in [-0.1, -0.05) is 35.5 Å². The van der Waals surface area contributed by atoms with Crippen molar-refractivity contribution in [2.24, 2.45) is 0 Å². The molecule has 2 aliphatic rings. The number of methoxy groups -OCH3 is 1. The van der Waals surface area contributed by atoms with Crippen LogP contribution in [0.3, 0.4) is 0 Å². The van der Waals surface area contributed by atoms with Gasteiger partial charge in [0.1, 0.15) is 11.3 Å². The average molecular weight is 427 g/mol. The van der Waals surface area contributed by atoms with E-state index in [0.717, 1.165) is 46.9 Å². The zero-order chi connectivity index (χ0) is 21.7. The van der Waals surface area contributed by atoms with E-state index in [1.54, 1.807) is 7.11 Å². The summed E-state index contributed by atoms with van der Waals surface area (Å²) in [5, 5.41) is 8.62. The first-order chi connectivity index (χ1) is 15.7. The van der Waals surface area contributed by atoms with E-state index in [4.69, 9.17) is 14.0 Å². The molecule has 7 heteroatoms. The monoisotopic (exact) mass is 427 g/mol. The van der Waals surface area contributed by atoms with Gasteiger partial charge in [-0.15, -0.1) is 0 Å². The Labute approximate surface area is 184 Å². The Morgan fingerprint density at radius 1 is 1.03 bits per heavy atom. The summed E-state index contributed by atoms with van der Waals surface area (Å²) in [5.74, 6) is 1.33. The van der Waals surface area contributed by atoms with Gasteiger partial charge in [0.05, 0.1) is 42.6 Å². The number of ketones is 1. The molecule has 0 saturated carbocycles. The van der Waals surface area contributed by atoms with Crippen LogP contribution >= 0.6 is 0 Å². The van der Waals surface area contributed by atoms with Gasteiger partial charge in [0, 0.05) is 36.0 Å². The van der Waals surface area contributed by atoms with Gasteiger partial charge in [0.15, 0.2) is 11.5 Å². The Hall–Kier alpha value is -3.84. The van der Waals surface area contributed by atoms with E-state index in [0.29, 0.717) is 35.6 Å². The average Bonchev–Trinajstić information content (AvgIpc) is 3.29. The fraction of sp³-hybridized carbons (Fsp3) is 0.200. The molecule has 3 aromatic carbocycles. The second-order valence-corrected chi connectivity index (χ2v) is 7.88. The molecule has 4 aromatic rings. The number of aromatic nitrogens is 1. The van der Waals surface area contributed by atoms with Crippen LogP contribution in [0.4, 0.5) is 17.1 Å². The maximum absolute atomic E-state index is 13.6. The zero-order valence-corrected chi connectivity index (χ0v) is 17.6. The lowest BCUT2D eigenvalue weighted by atomic mass is 9.86. The van der Waals surface area contributed by atoms with Crippen LogP contribution in [0.5, 0.6) is 5.75 Å². The molecular formula is C25H21N3O4. The van der Waals surface area contributed by atoms with Crippen molar-refractivity contribution in [2.75, 3.05) is 43.6 Å². The van der Waals surface area contributed by atoms with Crippen molar-refractivity contribution in [3.05, 3.63) is 65.7 Å². The van der Waals surface area contributed by atoms with Crippen LogP contribution in [0.15, 0.2) is 59.1 Å². The van der Waals surface area contributed by atoms with Crippen LogP contribution in [0.25, 0.3) is 22.2 Å². The summed E-state index contributed by atoms with van der Waals surface area (Å²) in [5.41, 5.74) is 5.16. The molecule has 1 aliphatic heterocycles. The van der Waals surface area contributed by atoms with E-state index < -0.39 is 0 Å². The smallest absolute Gasteiger partial charge is 0.196 e. The minimum absolute atomic E-state index is 0.0415. The van der Waals surface area contributed by atoms with Crippen molar-refractivity contribution in [1.82, 2.24) is 5.16 Å². The van der Waals surface area contributed by atoms with Crippen molar-refractivity contribution in [2.45, 2.75) is 0 Å². The van der Waals surface area contributed by atoms with Gasteiger partial charge in [0.25, 0.3) is 0 Å². The van der Waals surface area contributed by atoms with Crippen molar-refractivity contribution in [1.29, 1.82) is 0 Å². The number of anilines is 3. The lowest BCUT2D eigenvalue weighted by molar-refractivity contribution is 0.104. The van der Waals surface area contributed by atoms with Crippen molar-refractivity contribution >= 4 is 33.7 Å². The number of morpholine rings is 1. The standard InChI is InChI=1S/C25H21N3O4/c1-30-16-6-4-5-15(13-16)26-19-14-20(28-9-11-31-12-10-28)23-22-21(19)24(29)17-7-2-3-8-18(17)25(22)32-27-23/h2-8,13-14,26H,9-12H2,1H3. The molecule has 7 nitrogen and oxygen atoms in total. The second-order valence-electron chi connectivity index (χ2n) is 7.88. The highest BCUT2D eigenvalue weighted by Gasteiger charge is 2.33. The largest absolute Gasteiger partial charge is 0.497 e. The van der Waals surface area contributed by atoms with E-state index in [-0.39, 0.29) is 5.78 Å². The number of nitrogens with zero attached hydrogens (tertiary/aromatic N) is 2. The highest BCUT2D eigenvalue weighted by Crippen LogP contribution is 2.46. The fourth-order valence-corrected chi connectivity index (χ4v) is 4.54. The Morgan fingerprint density at radius 2 is 1.84 bits per heavy atom. The summed E-state index contributed by atoms with van der Waals surface area (Å²) in [4.78, 5) is 15.9. The van der Waals surface area contributed by atoms with Crippen LogP contribution in [-0.2, 0) is 4.74 Å². The molecule has 32 heavy (non-hydrogen) atoms. The Bertz CT molecular complexity index is 1350. The summed E-state index contributed by atoms with van der Waals surface area (Å²) in [6, 6.07) is 17.2. The van der Waals surface area contributed by atoms with Crippen molar-refractivity contribution in [3.63, 3.8) is 0 Å². The number of hydrogen-bond acceptors (Lipinski definition) is 7. The number of carbonyl (C=O) groups excluding carboxylic acids is 1. The Kier molecular flexibility index (Phi) is 4.36. The molecule has 2 heterocycles. The summed E-state index contributed by atoms with van der Waals surface area (Å²) < 4.78 is 16.7. The van der Waals surface area contributed by atoms with Gasteiger partial charge in [-0.25, -0.2) is 0 Å². The van der Waals surface area contributed by atoms with Gasteiger partial charge in [-0.3, -0.25) is 4.79 Å². The van der Waals surface area contributed by atoms with Gasteiger partial charge >= 0.3 is 0 Å². The van der Waals surface area contributed by atoms with Crippen LogP contribution in [0.2, 0.25) is 0 Å². The number of ether oxygens (including phenoxy) is 2. The highest BCUT2D eigenvalue weighted by molar-refractivity contribution is 6.28. The first-order valence-corrected chi connectivity index (χ1v) is 10.6. The topological polar surface area (TPSA) is 76.8 Å². The quantitative estimate of drug-likeness (QED) is 0.448. The van der Waals surface area contributed by atoms with Crippen LogP contribution in [0, 0.1) is 0 Å². The van der Waals surface area contributed by atoms with E-state index in [1.807, 2.05) is 54.6 Å². The van der Waals surface area contributed by atoms with Crippen LogP contribution < -0.4 is 15.0 Å². The lowest BCUT2D eigenvalue weighted by Crippen LogP contribution is -2.36. The Balaban J connectivity index is 1.60. The lowest BCUT2D eigenvalue weighted by Gasteiger charge is -2.30. The third-order valence-electron chi connectivity index (χ3n) is 6.08. The van der Waals surface area contributed by atoms with Gasteiger partial charge < -0.3 is 24.2 Å². The molecule has 6 rings (SSSR count). The van der Waals surface area contributed by atoms with Gasteiger partial charge in [0.2, 0.25) is 0 Å². The summed E-state index contributed by atoms with van der Waals surface area (Å²) >= 11 is 0. The zero-order valence-electron chi connectivity index (χ0n) is 17.6. The van der Waals surface area contributed by atoms with Gasteiger partial charge in [-0.2, -0.15) is 0 Å². The SMILES string of the molecule is COc1cccc(Nc2cc(N3CCOCC3)c3noc4c3c2C(=O)c2ccccc2-4)c1. The first kappa shape index (κ1) is 18.9. The number of nitrogens with one attached hydrogen (secondary N) is 1. The van der Waals surface area contributed by atoms with E-state index in [2.05, 4.69) is 15.4 Å². The molecule has 1 aromatic heterocycles. The number of carbonyl (C=O) groups is 1. The van der Waals surface area contributed by atoms with E-state index >= 15 is 0 Å². The molecule has 0 spiro atoms. The molecular weight excluding hydrogens is 406 g/mol. The molecule has 0 bridgehead atoms. The molecule has 1 N–H and O–H groups in total. The fourth-order valence-electron chi connectivity index (χ4n) is 4.54. The number of hydrogen-bond donors (Lipinski definition) is 1. The first-order valence-electron chi connectivity index (χ1n) is 10.6. The number of rotatable bonds is 4. The highest BCUT2D eigenvalue weighted by atomic mass is 16.5. The molecule has 0 unspecified atom stereocenters. The molecule has 1 saturated heterocycles. The third-order valence-corrected chi connectivity index (χ3v) is 6.08. The molecule has 1 fully saturated rings. The molecule has 0 amide bonds. The minimum Gasteiger partial charge on any atom is -0.497 e. The molecule has 160 valence electrons. The molecule has 1 aliphatic carbocycles. The second kappa shape index (κ2) is 7.39.